The van der Waals surface area contributed by atoms with Crippen LogP contribution in [0.15, 0.2) is 11.1 Å². The first-order valence-corrected chi connectivity index (χ1v) is 16.3. The first kappa shape index (κ1) is 24.8. The highest BCUT2D eigenvalue weighted by molar-refractivity contribution is 6.74. The van der Waals surface area contributed by atoms with Gasteiger partial charge in [-0.2, -0.15) is 0 Å². The Morgan fingerprint density at radius 1 is 1.08 bits per heavy atom. The molecule has 2 atom stereocenters. The van der Waals surface area contributed by atoms with E-state index in [0.29, 0.717) is 23.5 Å². The average Bonchev–Trinajstić information content (AvgIpc) is 2.39. The molecule has 1 N–H and O–H groups in total. The summed E-state index contributed by atoms with van der Waals surface area (Å²) in [6.45, 7) is 21.5. The highest BCUT2D eigenvalue weighted by Gasteiger charge is 2.29. The first-order chi connectivity index (χ1) is 11.3. The number of carbonyl (C=O) groups is 1. The quantitative estimate of drug-likeness (QED) is 0.411. The molecule has 0 amide bonds. The molecule has 0 bridgehead atoms. The molecule has 0 fully saturated rings. The van der Waals surface area contributed by atoms with Crippen molar-refractivity contribution in [3.63, 3.8) is 0 Å². The lowest BCUT2D eigenvalue weighted by molar-refractivity contribution is -0.133. The van der Waals surface area contributed by atoms with Crippen molar-refractivity contribution in [1.82, 2.24) is 0 Å². The van der Waals surface area contributed by atoms with E-state index in [1.54, 1.807) is 0 Å². The molecule has 148 valence electrons. The minimum absolute atomic E-state index is 0.251. The van der Waals surface area contributed by atoms with Crippen LogP contribution in [-0.2, 0) is 13.0 Å². The minimum Gasteiger partial charge on any atom is -0.478 e. The standard InChI is InChI=1S/C18H40O4Si3/c1-12(2)16(24(7)21-23-22-25(8,9)10)11-15(18(19)20)17(13(3)4)14(5)6/h12-14,16,24H,11,23H2,1-10H3,(H,19,20). The number of carboxylic acids is 1. The maximum absolute atomic E-state index is 12.0. The van der Waals surface area contributed by atoms with E-state index in [-0.39, 0.29) is 11.8 Å². The van der Waals surface area contributed by atoms with Crippen molar-refractivity contribution in [3.05, 3.63) is 11.1 Å². The Morgan fingerprint density at radius 2 is 1.56 bits per heavy atom. The molecule has 0 aromatic carbocycles. The molecule has 0 rings (SSSR count). The number of allylic oxidation sites excluding steroid dienone is 1. The van der Waals surface area contributed by atoms with E-state index in [1.165, 1.54) is 0 Å². The smallest absolute Gasteiger partial charge is 0.331 e. The van der Waals surface area contributed by atoms with E-state index in [9.17, 15) is 9.90 Å². The van der Waals surface area contributed by atoms with Crippen LogP contribution < -0.4 is 0 Å². The number of rotatable bonds is 11. The van der Waals surface area contributed by atoms with Crippen LogP contribution in [0.5, 0.6) is 0 Å². The van der Waals surface area contributed by atoms with E-state index in [2.05, 4.69) is 67.7 Å². The maximum atomic E-state index is 12.0. The minimum atomic E-state index is -1.53. The van der Waals surface area contributed by atoms with Gasteiger partial charge in [0.05, 0.1) is 0 Å². The summed E-state index contributed by atoms with van der Waals surface area (Å²) in [5, 5.41) is 9.84. The summed E-state index contributed by atoms with van der Waals surface area (Å²) < 4.78 is 12.2. The van der Waals surface area contributed by atoms with E-state index in [1.807, 2.05) is 0 Å². The van der Waals surface area contributed by atoms with Gasteiger partial charge < -0.3 is 13.3 Å². The number of aliphatic carboxylic acids is 1. The maximum Gasteiger partial charge on any atom is 0.331 e. The topological polar surface area (TPSA) is 55.8 Å². The molecular weight excluding hydrogens is 364 g/mol. The second-order valence-electron chi connectivity index (χ2n) is 8.91. The van der Waals surface area contributed by atoms with Crippen molar-refractivity contribution < 1.29 is 18.1 Å². The molecule has 0 aliphatic heterocycles. The van der Waals surface area contributed by atoms with Crippen molar-refractivity contribution in [2.75, 3.05) is 0 Å². The van der Waals surface area contributed by atoms with Gasteiger partial charge in [0.2, 0.25) is 0 Å². The van der Waals surface area contributed by atoms with Crippen molar-refractivity contribution in [3.8, 4) is 0 Å². The van der Waals surface area contributed by atoms with Gasteiger partial charge in [0.25, 0.3) is 10.0 Å². The molecule has 0 aromatic rings. The molecule has 0 aliphatic rings. The predicted molar refractivity (Wildman–Crippen MR) is 115 cm³/mol. The molecule has 0 spiro atoms. The van der Waals surface area contributed by atoms with Gasteiger partial charge in [0.1, 0.15) is 0 Å². The molecule has 0 heterocycles. The second kappa shape index (κ2) is 10.8. The fraction of sp³-hybridized carbons (Fsp3) is 0.833. The predicted octanol–water partition coefficient (Wildman–Crippen LogP) is 4.32. The third-order valence-corrected chi connectivity index (χ3v) is 13.4. The first-order valence-electron chi connectivity index (χ1n) is 9.49. The molecule has 0 saturated heterocycles. The number of carboxylic acid groups (broad SMARTS) is 1. The van der Waals surface area contributed by atoms with Crippen molar-refractivity contribution in [1.29, 1.82) is 0 Å². The zero-order valence-electron chi connectivity index (χ0n) is 18.0. The molecule has 0 saturated carbocycles. The van der Waals surface area contributed by atoms with Crippen LogP contribution in [0.1, 0.15) is 48.0 Å². The van der Waals surface area contributed by atoms with Gasteiger partial charge in [-0.05, 0) is 55.9 Å². The van der Waals surface area contributed by atoms with Gasteiger partial charge in [-0.15, -0.1) is 0 Å². The van der Waals surface area contributed by atoms with Crippen LogP contribution in [0.2, 0.25) is 31.7 Å². The van der Waals surface area contributed by atoms with Gasteiger partial charge in [0, 0.05) is 5.57 Å². The lowest BCUT2D eigenvalue weighted by Gasteiger charge is -2.30. The Morgan fingerprint density at radius 3 is 1.88 bits per heavy atom. The van der Waals surface area contributed by atoms with Gasteiger partial charge in [-0.3, -0.25) is 0 Å². The van der Waals surface area contributed by atoms with Gasteiger partial charge >= 0.3 is 5.97 Å². The third-order valence-electron chi connectivity index (χ3n) is 4.57. The summed E-state index contributed by atoms with van der Waals surface area (Å²) in [5.74, 6) is 0.153. The molecule has 7 heteroatoms. The van der Waals surface area contributed by atoms with Crippen LogP contribution in [0.25, 0.3) is 0 Å². The summed E-state index contributed by atoms with van der Waals surface area (Å²) in [6.07, 6.45) is 0.618. The van der Waals surface area contributed by atoms with E-state index < -0.39 is 33.3 Å². The molecule has 25 heavy (non-hydrogen) atoms. The Hall–Kier alpha value is -0.219. The second-order valence-corrected chi connectivity index (χ2v) is 18.1. The van der Waals surface area contributed by atoms with E-state index in [4.69, 9.17) is 8.23 Å². The molecule has 0 radical (unpaired) electrons. The van der Waals surface area contributed by atoms with E-state index in [0.717, 1.165) is 5.57 Å². The van der Waals surface area contributed by atoms with Crippen LogP contribution in [0.3, 0.4) is 0 Å². The number of hydrogen-bond donors (Lipinski definition) is 1. The summed E-state index contributed by atoms with van der Waals surface area (Å²) in [4.78, 5) is 12.0. The van der Waals surface area contributed by atoms with Crippen molar-refractivity contribution in [2.24, 2.45) is 17.8 Å². The molecule has 2 unspecified atom stereocenters. The summed E-state index contributed by atoms with van der Waals surface area (Å²) in [5.41, 5.74) is 2.01. The summed E-state index contributed by atoms with van der Waals surface area (Å²) >= 11 is 0. The van der Waals surface area contributed by atoms with Crippen LogP contribution in [-0.4, -0.2) is 38.4 Å². The fourth-order valence-electron chi connectivity index (χ4n) is 3.31. The zero-order chi connectivity index (χ0) is 19.9. The highest BCUT2D eigenvalue weighted by atomic mass is 28.4. The Kier molecular flexibility index (Phi) is 10.7. The zero-order valence-corrected chi connectivity index (χ0v) is 21.5. The lowest BCUT2D eigenvalue weighted by atomic mass is 9.85. The van der Waals surface area contributed by atoms with Crippen LogP contribution >= 0.6 is 0 Å². The summed E-state index contributed by atoms with van der Waals surface area (Å²) in [7, 11) is -3.99. The van der Waals surface area contributed by atoms with Gasteiger partial charge in [-0.25, -0.2) is 4.79 Å². The van der Waals surface area contributed by atoms with Gasteiger partial charge in [-0.1, -0.05) is 47.1 Å². The lowest BCUT2D eigenvalue weighted by Crippen LogP contribution is -2.34. The molecule has 4 nitrogen and oxygen atoms in total. The highest BCUT2D eigenvalue weighted by Crippen LogP contribution is 2.34. The molecular formula is C18H40O4Si3. The van der Waals surface area contributed by atoms with Gasteiger partial charge in [0.15, 0.2) is 17.4 Å². The van der Waals surface area contributed by atoms with E-state index >= 15 is 0 Å². The summed E-state index contributed by atoms with van der Waals surface area (Å²) in [6, 6.07) is 0. The normalized spacial score (nSPS) is 15.4. The largest absolute Gasteiger partial charge is 0.478 e. The SMILES string of the molecule is CC(C)C(=C(CC(C(C)C)[SiH](C)O[SiH2]O[Si](C)(C)C)C(=O)O)C(C)C. The fourth-order valence-corrected chi connectivity index (χ4v) is 9.11. The number of hydrogen-bond acceptors (Lipinski definition) is 3. The van der Waals surface area contributed by atoms with Crippen molar-refractivity contribution in [2.45, 2.75) is 79.7 Å². The monoisotopic (exact) mass is 404 g/mol. The third kappa shape index (κ3) is 9.33. The van der Waals surface area contributed by atoms with Crippen LogP contribution in [0, 0.1) is 17.8 Å². The van der Waals surface area contributed by atoms with Crippen molar-refractivity contribution >= 4 is 33.3 Å². The Balaban J connectivity index is 5.37. The van der Waals surface area contributed by atoms with Crippen LogP contribution in [0.4, 0.5) is 0 Å². The molecule has 0 aromatic heterocycles. The Bertz CT molecular complexity index is 444. The Labute approximate surface area is 160 Å². The average molecular weight is 405 g/mol. The molecule has 0 aliphatic carbocycles.